The number of amides is 12. The van der Waals surface area contributed by atoms with Gasteiger partial charge in [0.1, 0.15) is 60.4 Å². The number of benzene rings is 1. The Bertz CT molecular complexity index is 2960. The molecular weight excluding hydrogens is 1260 g/mol. The summed E-state index contributed by atoms with van der Waals surface area (Å²) >= 11 is 0. The SMILES string of the molecule is CC(C)C[C@H](NC(=O)[C@@H]1CCCN1C(=O)[C@H](CO)NC(=O)[C@H](CCC(=O)O)NC(=O)[C@H](Cc1ccccc1)NC(=O)[C@H](CCCN=C(N)N)NC(=O)[C@@H](NC(=O)[C@@H]1CCCN1C(=O)[C@H](CC(C)C)NC(=O)CNC(=O)[C@@H]1CCCN1C(=O)[C@@H](N)CCCN=C(N)N)C(C)C)C(N)=O. The number of guanidine groups is 2. The molecule has 540 valence electrons. The molecule has 0 aromatic heterocycles. The van der Waals surface area contributed by atoms with E-state index in [1.807, 2.05) is 27.7 Å². The zero-order valence-electron chi connectivity index (χ0n) is 56.4. The van der Waals surface area contributed by atoms with Gasteiger partial charge < -0.3 is 102 Å². The van der Waals surface area contributed by atoms with E-state index in [0.29, 0.717) is 37.7 Å². The fraction of sp³-hybridized carbons (Fsp3) is 0.667. The first-order valence-electron chi connectivity index (χ1n) is 33.2. The predicted octanol–water partition coefficient (Wildman–Crippen LogP) is -4.76. The zero-order valence-corrected chi connectivity index (χ0v) is 56.4. The Balaban J connectivity index is 1.51. The minimum absolute atomic E-state index is 0.0157. The molecule has 0 unspecified atom stereocenters. The molecule has 4 rings (SSSR count). The lowest BCUT2D eigenvalue weighted by atomic mass is 10.00. The molecule has 12 amide bonds. The summed E-state index contributed by atoms with van der Waals surface area (Å²) in [6.45, 7) is 9.74. The number of carbonyl (C=O) groups is 13. The molecule has 0 radical (unpaired) electrons. The van der Waals surface area contributed by atoms with Gasteiger partial charge in [-0.15, -0.1) is 0 Å². The van der Waals surface area contributed by atoms with Crippen molar-refractivity contribution in [3.8, 4) is 0 Å². The van der Waals surface area contributed by atoms with Gasteiger partial charge in [0.05, 0.1) is 19.2 Å². The van der Waals surface area contributed by atoms with Gasteiger partial charge in [-0.2, -0.15) is 0 Å². The number of carbonyl (C=O) groups excluding carboxylic acids is 12. The number of aliphatic hydroxyl groups excluding tert-OH is 1. The van der Waals surface area contributed by atoms with Crippen LogP contribution in [0.1, 0.15) is 137 Å². The summed E-state index contributed by atoms with van der Waals surface area (Å²) in [5.41, 5.74) is 34.1. The number of carboxylic acid groups (broad SMARTS) is 1. The highest BCUT2D eigenvalue weighted by molar-refractivity contribution is 6.00. The number of rotatable bonds is 39. The Hall–Kier alpha value is -9.21. The Labute approximate surface area is 564 Å². The zero-order chi connectivity index (χ0) is 72.2. The third kappa shape index (κ3) is 26.0. The number of likely N-dealkylation sites (tertiary alicyclic amines) is 3. The summed E-state index contributed by atoms with van der Waals surface area (Å²) in [7, 11) is 0. The number of hydrogen-bond donors (Lipinski definition) is 16. The van der Waals surface area contributed by atoms with Gasteiger partial charge in [-0.25, -0.2) is 0 Å². The van der Waals surface area contributed by atoms with E-state index in [9.17, 15) is 72.5 Å². The van der Waals surface area contributed by atoms with Crippen molar-refractivity contribution in [1.29, 1.82) is 0 Å². The van der Waals surface area contributed by atoms with E-state index in [4.69, 9.17) is 34.4 Å². The van der Waals surface area contributed by atoms with Crippen molar-refractivity contribution in [2.75, 3.05) is 45.9 Å². The number of primary amides is 1. The Morgan fingerprint density at radius 3 is 1.48 bits per heavy atom. The van der Waals surface area contributed by atoms with Crippen LogP contribution >= 0.6 is 0 Å². The maximum absolute atomic E-state index is 14.7. The quantitative estimate of drug-likeness (QED) is 0.0167. The topological polar surface area (TPSA) is 549 Å². The first-order valence-corrected chi connectivity index (χ1v) is 33.2. The maximum Gasteiger partial charge on any atom is 0.303 e. The summed E-state index contributed by atoms with van der Waals surface area (Å²) in [6.07, 6.45) is 1.49. The van der Waals surface area contributed by atoms with Gasteiger partial charge in [0, 0.05) is 45.6 Å². The monoisotopic (exact) mass is 1370 g/mol. The first kappa shape index (κ1) is 80.2. The van der Waals surface area contributed by atoms with Crippen molar-refractivity contribution in [1.82, 2.24) is 57.2 Å². The lowest BCUT2D eigenvalue weighted by Gasteiger charge is -2.31. The highest BCUT2D eigenvalue weighted by Gasteiger charge is 2.43. The van der Waals surface area contributed by atoms with Crippen LogP contribution in [0.5, 0.6) is 0 Å². The summed E-state index contributed by atoms with van der Waals surface area (Å²) in [4.78, 5) is 190. The van der Waals surface area contributed by atoms with Crippen LogP contribution in [0.2, 0.25) is 0 Å². The number of aliphatic carboxylic acids is 1. The number of nitrogens with zero attached hydrogens (tertiary/aromatic N) is 5. The van der Waals surface area contributed by atoms with E-state index in [2.05, 4.69) is 52.5 Å². The average Bonchev–Trinajstić information content (AvgIpc) is 1.77. The second kappa shape index (κ2) is 39.7. The van der Waals surface area contributed by atoms with E-state index >= 15 is 0 Å². The third-order valence-corrected chi connectivity index (χ3v) is 16.7. The highest BCUT2D eigenvalue weighted by Crippen LogP contribution is 2.24. The summed E-state index contributed by atoms with van der Waals surface area (Å²) < 4.78 is 0. The number of carboxylic acids is 1. The smallest absolute Gasteiger partial charge is 0.303 e. The van der Waals surface area contributed by atoms with Crippen LogP contribution in [0, 0.1) is 17.8 Å². The molecular formula is C63H103N19O15. The molecule has 1 aromatic carbocycles. The molecule has 34 nitrogen and oxygen atoms in total. The lowest BCUT2D eigenvalue weighted by molar-refractivity contribution is -0.143. The van der Waals surface area contributed by atoms with Crippen molar-refractivity contribution in [2.45, 2.75) is 204 Å². The van der Waals surface area contributed by atoms with Crippen molar-refractivity contribution >= 4 is 88.8 Å². The van der Waals surface area contributed by atoms with Gasteiger partial charge in [0.15, 0.2) is 11.9 Å². The summed E-state index contributed by atoms with van der Waals surface area (Å²) in [5.74, 6) is -11.8. The van der Waals surface area contributed by atoms with E-state index in [0.717, 1.165) is 4.90 Å². The highest BCUT2D eigenvalue weighted by atomic mass is 16.4. The molecule has 11 atom stereocenters. The molecule has 3 heterocycles. The minimum atomic E-state index is -1.71. The second-order valence-corrected chi connectivity index (χ2v) is 25.9. The van der Waals surface area contributed by atoms with E-state index < -0.39 is 175 Å². The number of hydrogen-bond acceptors (Lipinski definition) is 17. The molecule has 3 saturated heterocycles. The van der Waals surface area contributed by atoms with Crippen LogP contribution in [0.3, 0.4) is 0 Å². The van der Waals surface area contributed by atoms with Crippen LogP contribution in [-0.2, 0) is 68.7 Å². The van der Waals surface area contributed by atoms with E-state index in [1.54, 1.807) is 44.2 Å². The van der Waals surface area contributed by atoms with Gasteiger partial charge >= 0.3 is 5.97 Å². The van der Waals surface area contributed by atoms with Crippen LogP contribution < -0.4 is 76.9 Å². The molecule has 97 heavy (non-hydrogen) atoms. The Morgan fingerprint density at radius 1 is 0.526 bits per heavy atom. The average molecular weight is 1370 g/mol. The van der Waals surface area contributed by atoms with Crippen molar-refractivity contribution in [2.24, 2.45) is 62.1 Å². The normalized spacial score (nSPS) is 18.4. The molecule has 0 spiro atoms. The standard InChI is InChI=1S/C63H103N19O15/c1-34(2)29-41(51(65)87)76-56(92)46-20-13-28-82(46)61(97)44(33-83)78-53(89)40(22-23-49(85)86)74-54(90)42(31-37-15-8-7-9-16-37)77-52(88)39(18-11-25-71-63(68)69)75-58(94)50(36(5)6)79-57(93)47-21-14-27-81(47)60(96)43(30-35(3)4)73-48(84)32-72-55(91)45-19-12-26-80(45)59(95)38(64)17-10-24-70-62(66)67/h7-9,15-16,34-36,38-47,50,83H,10-14,17-33,64H2,1-6H3,(H2,65,87)(H,72,91)(H,73,84)(H,74,90)(H,75,94)(H,76,92)(H,77,88)(H,78,89)(H,79,93)(H,85,86)(H4,66,67,70)(H4,68,69,71)/t38-,39-,40-,41-,42-,43-,44-,45-,46-,47-,50-/m0/s1. The van der Waals surface area contributed by atoms with Gasteiger partial charge in [0.2, 0.25) is 70.9 Å². The molecule has 0 saturated carbocycles. The van der Waals surface area contributed by atoms with Crippen molar-refractivity contribution in [3.05, 3.63) is 35.9 Å². The molecule has 0 aliphatic carbocycles. The fourth-order valence-corrected chi connectivity index (χ4v) is 11.8. The predicted molar refractivity (Wildman–Crippen MR) is 356 cm³/mol. The Kier molecular flexibility index (Phi) is 32.9. The van der Waals surface area contributed by atoms with Crippen LogP contribution in [0.4, 0.5) is 0 Å². The maximum atomic E-state index is 14.7. The Morgan fingerprint density at radius 2 is 0.979 bits per heavy atom. The third-order valence-electron chi connectivity index (χ3n) is 16.7. The number of nitrogens with one attached hydrogen (secondary N) is 8. The van der Waals surface area contributed by atoms with Crippen LogP contribution in [0.15, 0.2) is 40.3 Å². The molecule has 3 aliphatic rings. The van der Waals surface area contributed by atoms with Crippen LogP contribution in [-0.4, -0.2) is 226 Å². The van der Waals surface area contributed by atoms with Crippen molar-refractivity contribution in [3.63, 3.8) is 0 Å². The molecule has 22 N–H and O–H groups in total. The largest absolute Gasteiger partial charge is 0.481 e. The van der Waals surface area contributed by atoms with Crippen molar-refractivity contribution < 1.29 is 72.5 Å². The second-order valence-electron chi connectivity index (χ2n) is 25.9. The molecule has 0 bridgehead atoms. The number of aliphatic hydroxyl groups is 1. The van der Waals surface area contributed by atoms with Gasteiger partial charge in [0.25, 0.3) is 0 Å². The van der Waals surface area contributed by atoms with Crippen LogP contribution in [0.25, 0.3) is 0 Å². The summed E-state index contributed by atoms with van der Waals surface area (Å²) in [6, 6.07) is -5.64. The number of nitrogens with two attached hydrogens (primary N) is 6. The van der Waals surface area contributed by atoms with E-state index in [-0.39, 0.29) is 108 Å². The van der Waals surface area contributed by atoms with Gasteiger partial charge in [-0.3, -0.25) is 72.3 Å². The molecule has 3 fully saturated rings. The first-order chi connectivity index (χ1) is 45.8. The minimum Gasteiger partial charge on any atom is -0.481 e. The molecule has 3 aliphatic heterocycles. The van der Waals surface area contributed by atoms with E-state index in [1.165, 1.54) is 9.80 Å². The summed E-state index contributed by atoms with van der Waals surface area (Å²) in [5, 5.41) is 41.1. The fourth-order valence-electron chi connectivity index (χ4n) is 11.8. The number of aliphatic imine (C=N–C) groups is 2. The van der Waals surface area contributed by atoms with Gasteiger partial charge in [-0.1, -0.05) is 71.9 Å². The van der Waals surface area contributed by atoms with Gasteiger partial charge in [-0.05, 0) is 107 Å². The lowest BCUT2D eigenvalue weighted by Crippen LogP contribution is -2.61. The molecule has 34 heteroatoms. The molecule has 1 aromatic rings.